The lowest BCUT2D eigenvalue weighted by molar-refractivity contribution is 0.0523. The largest absolute Gasteiger partial charge is 0.497 e. The van der Waals surface area contributed by atoms with E-state index < -0.39 is 5.60 Å². The molecule has 0 spiro atoms. The molecule has 0 bridgehead atoms. The van der Waals surface area contributed by atoms with Crippen LogP contribution in [0.15, 0.2) is 96.2 Å². The van der Waals surface area contributed by atoms with Gasteiger partial charge in [0.15, 0.2) is 5.60 Å². The first-order valence-corrected chi connectivity index (χ1v) is 11.4. The summed E-state index contributed by atoms with van der Waals surface area (Å²) in [6.07, 6.45) is 3.59. The Kier molecular flexibility index (Phi) is 5.75. The van der Waals surface area contributed by atoms with Crippen LogP contribution in [0, 0.1) is 0 Å². The maximum atomic E-state index is 12.8. The minimum atomic E-state index is -0.962. The molecule has 2 aromatic heterocycles. The predicted molar refractivity (Wildman–Crippen MR) is 138 cm³/mol. The van der Waals surface area contributed by atoms with Crippen molar-refractivity contribution in [3.05, 3.63) is 119 Å². The maximum Gasteiger partial charge on any atom is 0.251 e. The van der Waals surface area contributed by atoms with E-state index in [1.54, 1.807) is 38.2 Å². The van der Waals surface area contributed by atoms with E-state index in [1.165, 1.54) is 0 Å². The number of aromatic nitrogens is 3. The topological polar surface area (TPSA) is 58.3 Å². The lowest BCUT2D eigenvalue weighted by atomic mass is 9.82. The Labute approximate surface area is 204 Å². The zero-order valence-electron chi connectivity index (χ0n) is 20.2. The van der Waals surface area contributed by atoms with Gasteiger partial charge in [-0.15, -0.1) is 0 Å². The summed E-state index contributed by atoms with van der Waals surface area (Å²) < 4.78 is 15.6. The van der Waals surface area contributed by atoms with Gasteiger partial charge in [-0.3, -0.25) is 4.79 Å². The molecule has 2 heterocycles. The van der Waals surface area contributed by atoms with Crippen LogP contribution in [0.25, 0.3) is 22.0 Å². The lowest BCUT2D eigenvalue weighted by Crippen LogP contribution is -2.33. The second kappa shape index (κ2) is 8.89. The number of hydrogen-bond acceptors (Lipinski definition) is 4. The summed E-state index contributed by atoms with van der Waals surface area (Å²) in [5.74, 6) is 0.735. The standard InChI is InChI=1S/C29H27N3O3/c1-31-19-30-18-27(31)29(35-4,21-11-8-12-23(15-21)34-3)22-13-14-26-25(16-22)24(17-28(33)32(26)2)20-9-6-5-7-10-20/h5-19H,1-4H3. The number of rotatable bonds is 6. The summed E-state index contributed by atoms with van der Waals surface area (Å²) in [5.41, 5.74) is 4.40. The fourth-order valence-corrected chi connectivity index (χ4v) is 4.88. The van der Waals surface area contributed by atoms with Gasteiger partial charge in [-0.25, -0.2) is 4.98 Å². The summed E-state index contributed by atoms with van der Waals surface area (Å²) in [6, 6.07) is 25.7. The lowest BCUT2D eigenvalue weighted by Gasteiger charge is -2.34. The van der Waals surface area contributed by atoms with Gasteiger partial charge in [-0.1, -0.05) is 48.5 Å². The molecule has 5 rings (SSSR count). The number of methoxy groups -OCH3 is 2. The molecule has 0 aliphatic carbocycles. The molecular weight excluding hydrogens is 438 g/mol. The van der Waals surface area contributed by atoms with E-state index in [-0.39, 0.29) is 5.56 Å². The molecule has 0 saturated carbocycles. The van der Waals surface area contributed by atoms with Crippen LogP contribution >= 0.6 is 0 Å². The van der Waals surface area contributed by atoms with E-state index in [4.69, 9.17) is 9.47 Å². The first-order chi connectivity index (χ1) is 17.0. The number of aryl methyl sites for hydroxylation is 2. The third kappa shape index (κ3) is 3.63. The van der Waals surface area contributed by atoms with E-state index in [9.17, 15) is 4.79 Å². The normalized spacial score (nSPS) is 13.0. The third-order valence-electron chi connectivity index (χ3n) is 6.70. The molecule has 3 aromatic carbocycles. The molecule has 0 aliphatic rings. The Morgan fingerprint density at radius 2 is 1.63 bits per heavy atom. The number of fused-ring (bicyclic) bond motifs is 1. The van der Waals surface area contributed by atoms with Crippen LogP contribution < -0.4 is 10.3 Å². The van der Waals surface area contributed by atoms with Gasteiger partial charge < -0.3 is 18.6 Å². The Hall–Kier alpha value is -4.16. The average Bonchev–Trinajstić information content (AvgIpc) is 3.33. The van der Waals surface area contributed by atoms with Gasteiger partial charge in [0.25, 0.3) is 5.56 Å². The van der Waals surface area contributed by atoms with E-state index in [1.807, 2.05) is 84.5 Å². The van der Waals surface area contributed by atoms with Gasteiger partial charge in [0.1, 0.15) is 5.75 Å². The smallest absolute Gasteiger partial charge is 0.251 e. The molecule has 1 unspecified atom stereocenters. The minimum Gasteiger partial charge on any atom is -0.497 e. The van der Waals surface area contributed by atoms with Gasteiger partial charge in [0.05, 0.1) is 30.8 Å². The molecule has 5 aromatic rings. The van der Waals surface area contributed by atoms with Gasteiger partial charge in [0.2, 0.25) is 0 Å². The van der Waals surface area contributed by atoms with Crippen LogP contribution in [0.3, 0.4) is 0 Å². The number of benzene rings is 3. The highest BCUT2D eigenvalue weighted by Gasteiger charge is 2.39. The molecule has 176 valence electrons. The monoisotopic (exact) mass is 465 g/mol. The molecule has 6 nitrogen and oxygen atoms in total. The summed E-state index contributed by atoms with van der Waals surface area (Å²) in [4.78, 5) is 17.2. The van der Waals surface area contributed by atoms with Crippen molar-refractivity contribution >= 4 is 10.9 Å². The van der Waals surface area contributed by atoms with Crippen molar-refractivity contribution in [2.45, 2.75) is 5.60 Å². The van der Waals surface area contributed by atoms with Gasteiger partial charge in [-0.05, 0) is 46.5 Å². The fraction of sp³-hybridized carbons (Fsp3) is 0.172. The third-order valence-corrected chi connectivity index (χ3v) is 6.70. The second-order valence-electron chi connectivity index (χ2n) is 8.56. The molecule has 35 heavy (non-hydrogen) atoms. The molecule has 0 radical (unpaired) electrons. The minimum absolute atomic E-state index is 0.0541. The molecule has 0 N–H and O–H groups in total. The molecule has 0 fully saturated rings. The Morgan fingerprint density at radius 1 is 0.857 bits per heavy atom. The Morgan fingerprint density at radius 3 is 2.31 bits per heavy atom. The number of nitrogens with zero attached hydrogens (tertiary/aromatic N) is 3. The molecule has 0 saturated heterocycles. The first kappa shape index (κ1) is 22.6. The fourth-order valence-electron chi connectivity index (χ4n) is 4.88. The second-order valence-corrected chi connectivity index (χ2v) is 8.56. The van der Waals surface area contributed by atoms with Crippen molar-refractivity contribution < 1.29 is 9.47 Å². The van der Waals surface area contributed by atoms with Crippen LogP contribution in [-0.4, -0.2) is 28.3 Å². The summed E-state index contributed by atoms with van der Waals surface area (Å²) >= 11 is 0. The van der Waals surface area contributed by atoms with Crippen molar-refractivity contribution in [1.29, 1.82) is 0 Å². The summed E-state index contributed by atoms with van der Waals surface area (Å²) in [5, 5.41) is 0.960. The number of imidazole rings is 1. The zero-order chi connectivity index (χ0) is 24.6. The van der Waals surface area contributed by atoms with Crippen molar-refractivity contribution in [3.63, 3.8) is 0 Å². The van der Waals surface area contributed by atoms with Gasteiger partial charge in [0, 0.05) is 32.7 Å². The highest BCUT2D eigenvalue weighted by Crippen LogP contribution is 2.42. The first-order valence-electron chi connectivity index (χ1n) is 11.4. The molecule has 0 aliphatic heterocycles. The number of ether oxygens (including phenoxy) is 2. The van der Waals surface area contributed by atoms with Crippen molar-refractivity contribution in [3.8, 4) is 16.9 Å². The van der Waals surface area contributed by atoms with E-state index >= 15 is 0 Å². The number of pyridine rings is 1. The van der Waals surface area contributed by atoms with Crippen LogP contribution in [-0.2, 0) is 24.4 Å². The van der Waals surface area contributed by atoms with Crippen molar-refractivity contribution in [2.24, 2.45) is 14.1 Å². The van der Waals surface area contributed by atoms with Crippen molar-refractivity contribution in [1.82, 2.24) is 14.1 Å². The molecule has 1 atom stereocenters. The van der Waals surface area contributed by atoms with Gasteiger partial charge >= 0.3 is 0 Å². The zero-order valence-corrected chi connectivity index (χ0v) is 20.2. The van der Waals surface area contributed by atoms with E-state index in [0.717, 1.165) is 44.6 Å². The quantitative estimate of drug-likeness (QED) is 0.358. The molecule has 6 heteroatoms. The highest BCUT2D eigenvalue weighted by atomic mass is 16.5. The van der Waals surface area contributed by atoms with Crippen molar-refractivity contribution in [2.75, 3.05) is 14.2 Å². The van der Waals surface area contributed by atoms with Gasteiger partial charge in [-0.2, -0.15) is 0 Å². The van der Waals surface area contributed by atoms with Crippen LogP contribution in [0.2, 0.25) is 0 Å². The Balaban J connectivity index is 1.87. The van der Waals surface area contributed by atoms with E-state index in [2.05, 4.69) is 11.1 Å². The number of hydrogen-bond donors (Lipinski definition) is 0. The Bertz CT molecular complexity index is 1570. The predicted octanol–water partition coefficient (Wildman–Crippen LogP) is 4.89. The van der Waals surface area contributed by atoms with E-state index in [0.29, 0.717) is 0 Å². The molecular formula is C29H27N3O3. The highest BCUT2D eigenvalue weighted by molar-refractivity contribution is 5.95. The maximum absolute atomic E-state index is 12.8. The SMILES string of the molecule is COc1cccc(C(OC)(c2ccc3c(c2)c(-c2ccccc2)cc(=O)n3C)c2cncn2C)c1. The molecule has 0 amide bonds. The van der Waals surface area contributed by atoms with Crippen LogP contribution in [0.4, 0.5) is 0 Å². The average molecular weight is 466 g/mol. The summed E-state index contributed by atoms with van der Waals surface area (Å²) in [7, 11) is 7.11. The summed E-state index contributed by atoms with van der Waals surface area (Å²) in [6.45, 7) is 0. The van der Waals surface area contributed by atoms with Crippen LogP contribution in [0.1, 0.15) is 16.8 Å². The van der Waals surface area contributed by atoms with Crippen LogP contribution in [0.5, 0.6) is 5.75 Å².